The topological polar surface area (TPSA) is 29.5 Å². The van der Waals surface area contributed by atoms with Gasteiger partial charge in [0.05, 0.1) is 19.3 Å². The van der Waals surface area contributed by atoms with Crippen molar-refractivity contribution in [2.75, 3.05) is 13.2 Å². The molecule has 82 valence electrons. The van der Waals surface area contributed by atoms with Crippen LogP contribution < -0.4 is 0 Å². The smallest absolute Gasteiger partial charge is 0.0701 e. The Kier molecular flexibility index (Phi) is 3.13. The van der Waals surface area contributed by atoms with E-state index in [1.54, 1.807) is 0 Å². The van der Waals surface area contributed by atoms with Crippen molar-refractivity contribution < 1.29 is 9.84 Å². The Morgan fingerprint density at radius 1 is 1.29 bits per heavy atom. The van der Waals surface area contributed by atoms with Gasteiger partial charge in [-0.2, -0.15) is 0 Å². The molecule has 2 fully saturated rings. The van der Waals surface area contributed by atoms with Crippen LogP contribution in [0.2, 0.25) is 0 Å². The lowest BCUT2D eigenvalue weighted by atomic mass is 9.68. The molecule has 0 aromatic carbocycles. The van der Waals surface area contributed by atoms with Crippen molar-refractivity contribution in [2.45, 2.75) is 51.6 Å². The SMILES string of the molecule is CC12CCCC(OCCO)C1CCC2. The minimum atomic E-state index is 0.167. The second-order valence-corrected chi connectivity index (χ2v) is 5.18. The van der Waals surface area contributed by atoms with Gasteiger partial charge in [-0.05, 0) is 37.0 Å². The summed E-state index contributed by atoms with van der Waals surface area (Å²) in [5, 5.41) is 8.78. The van der Waals surface area contributed by atoms with Gasteiger partial charge in [-0.25, -0.2) is 0 Å². The van der Waals surface area contributed by atoms with Crippen LogP contribution in [0.3, 0.4) is 0 Å². The molecular weight excluding hydrogens is 176 g/mol. The minimum Gasteiger partial charge on any atom is -0.394 e. The normalized spacial score (nSPS) is 42.4. The first-order valence-electron chi connectivity index (χ1n) is 5.99. The fraction of sp³-hybridized carbons (Fsp3) is 1.00. The van der Waals surface area contributed by atoms with Crippen LogP contribution in [0.4, 0.5) is 0 Å². The van der Waals surface area contributed by atoms with E-state index < -0.39 is 0 Å². The predicted octanol–water partition coefficient (Wildman–Crippen LogP) is 2.35. The van der Waals surface area contributed by atoms with Gasteiger partial charge in [0.2, 0.25) is 0 Å². The summed E-state index contributed by atoms with van der Waals surface area (Å²) in [4.78, 5) is 0. The van der Waals surface area contributed by atoms with Crippen molar-refractivity contribution in [1.29, 1.82) is 0 Å². The highest BCUT2D eigenvalue weighted by Crippen LogP contribution is 2.52. The van der Waals surface area contributed by atoms with E-state index in [0.717, 1.165) is 5.92 Å². The van der Waals surface area contributed by atoms with Crippen LogP contribution in [0, 0.1) is 11.3 Å². The number of rotatable bonds is 3. The van der Waals surface area contributed by atoms with E-state index in [2.05, 4.69) is 6.92 Å². The van der Waals surface area contributed by atoms with Crippen molar-refractivity contribution in [2.24, 2.45) is 11.3 Å². The van der Waals surface area contributed by atoms with Crippen LogP contribution in [0.1, 0.15) is 45.4 Å². The fourth-order valence-corrected chi connectivity index (χ4v) is 3.52. The second-order valence-electron chi connectivity index (χ2n) is 5.18. The van der Waals surface area contributed by atoms with Crippen LogP contribution in [-0.2, 0) is 4.74 Å². The Hall–Kier alpha value is -0.0800. The number of hydrogen-bond donors (Lipinski definition) is 1. The van der Waals surface area contributed by atoms with Crippen molar-refractivity contribution in [3.63, 3.8) is 0 Å². The third-order valence-corrected chi connectivity index (χ3v) is 4.27. The summed E-state index contributed by atoms with van der Waals surface area (Å²) in [6, 6.07) is 0. The highest BCUT2D eigenvalue weighted by Gasteiger charge is 2.45. The van der Waals surface area contributed by atoms with Gasteiger partial charge in [-0.1, -0.05) is 19.8 Å². The molecule has 14 heavy (non-hydrogen) atoms. The van der Waals surface area contributed by atoms with Gasteiger partial charge < -0.3 is 9.84 Å². The molecule has 2 saturated carbocycles. The van der Waals surface area contributed by atoms with Gasteiger partial charge >= 0.3 is 0 Å². The molecule has 0 bridgehead atoms. The van der Waals surface area contributed by atoms with E-state index in [9.17, 15) is 0 Å². The van der Waals surface area contributed by atoms with Gasteiger partial charge in [-0.3, -0.25) is 0 Å². The maximum Gasteiger partial charge on any atom is 0.0701 e. The first-order valence-corrected chi connectivity index (χ1v) is 5.99. The Labute approximate surface area is 86.6 Å². The number of fused-ring (bicyclic) bond motifs is 1. The van der Waals surface area contributed by atoms with Crippen LogP contribution >= 0.6 is 0 Å². The lowest BCUT2D eigenvalue weighted by Gasteiger charge is -2.41. The number of hydrogen-bond acceptors (Lipinski definition) is 2. The lowest BCUT2D eigenvalue weighted by Crippen LogP contribution is -2.38. The summed E-state index contributed by atoms with van der Waals surface area (Å²) >= 11 is 0. The zero-order valence-electron chi connectivity index (χ0n) is 9.17. The Balaban J connectivity index is 1.97. The molecule has 0 saturated heterocycles. The first-order chi connectivity index (χ1) is 6.76. The second kappa shape index (κ2) is 4.19. The third-order valence-electron chi connectivity index (χ3n) is 4.27. The van der Waals surface area contributed by atoms with E-state index in [1.165, 1.54) is 38.5 Å². The average Bonchev–Trinajstić information content (AvgIpc) is 2.56. The molecule has 0 aromatic heterocycles. The number of aliphatic hydroxyl groups excluding tert-OH is 1. The standard InChI is InChI=1S/C12H22O2/c1-12-6-2-4-10(12)11(5-3-7-12)14-9-8-13/h10-11,13H,2-9H2,1H3. The zero-order valence-corrected chi connectivity index (χ0v) is 9.17. The van der Waals surface area contributed by atoms with Crippen molar-refractivity contribution in [3.05, 3.63) is 0 Å². The van der Waals surface area contributed by atoms with Gasteiger partial charge in [0, 0.05) is 0 Å². The molecule has 0 aromatic rings. The monoisotopic (exact) mass is 198 g/mol. The summed E-state index contributed by atoms with van der Waals surface area (Å²) in [6.45, 7) is 3.12. The zero-order chi connectivity index (χ0) is 10.0. The molecule has 2 heteroatoms. The molecule has 0 radical (unpaired) electrons. The van der Waals surface area contributed by atoms with Gasteiger partial charge in [0.1, 0.15) is 0 Å². The molecule has 0 amide bonds. The highest BCUT2D eigenvalue weighted by molar-refractivity contribution is 4.95. The van der Waals surface area contributed by atoms with E-state index in [0.29, 0.717) is 18.1 Å². The van der Waals surface area contributed by atoms with Crippen molar-refractivity contribution >= 4 is 0 Å². The van der Waals surface area contributed by atoms with Gasteiger partial charge in [0.15, 0.2) is 0 Å². The molecular formula is C12H22O2. The van der Waals surface area contributed by atoms with Gasteiger partial charge in [-0.15, -0.1) is 0 Å². The quantitative estimate of drug-likeness (QED) is 0.754. The fourth-order valence-electron chi connectivity index (χ4n) is 3.52. The number of ether oxygens (including phenoxy) is 1. The minimum absolute atomic E-state index is 0.167. The van der Waals surface area contributed by atoms with Crippen LogP contribution in [0.25, 0.3) is 0 Å². The summed E-state index contributed by atoms with van der Waals surface area (Å²) < 4.78 is 5.76. The molecule has 2 aliphatic rings. The molecule has 1 N–H and O–H groups in total. The Morgan fingerprint density at radius 3 is 2.71 bits per heavy atom. The molecule has 0 aliphatic heterocycles. The summed E-state index contributed by atoms with van der Waals surface area (Å²) in [6.07, 6.45) is 8.44. The van der Waals surface area contributed by atoms with E-state index in [-0.39, 0.29) is 6.61 Å². The molecule has 2 nitrogen and oxygen atoms in total. The first kappa shape index (κ1) is 10.4. The lowest BCUT2D eigenvalue weighted by molar-refractivity contribution is -0.0613. The molecule has 3 unspecified atom stereocenters. The van der Waals surface area contributed by atoms with E-state index in [1.807, 2.05) is 0 Å². The largest absolute Gasteiger partial charge is 0.394 e. The van der Waals surface area contributed by atoms with Crippen LogP contribution in [0.5, 0.6) is 0 Å². The van der Waals surface area contributed by atoms with Crippen molar-refractivity contribution in [3.8, 4) is 0 Å². The molecule has 3 atom stereocenters. The van der Waals surface area contributed by atoms with Crippen molar-refractivity contribution in [1.82, 2.24) is 0 Å². The number of aliphatic hydroxyl groups is 1. The molecule has 2 rings (SSSR count). The summed E-state index contributed by atoms with van der Waals surface area (Å²) in [5.41, 5.74) is 0.554. The highest BCUT2D eigenvalue weighted by atomic mass is 16.5. The maximum absolute atomic E-state index is 8.78. The van der Waals surface area contributed by atoms with E-state index in [4.69, 9.17) is 9.84 Å². The predicted molar refractivity (Wildman–Crippen MR) is 56.1 cm³/mol. The molecule has 0 heterocycles. The Morgan fingerprint density at radius 2 is 2.00 bits per heavy atom. The van der Waals surface area contributed by atoms with E-state index >= 15 is 0 Å². The molecule has 0 spiro atoms. The molecule has 2 aliphatic carbocycles. The average molecular weight is 198 g/mol. The maximum atomic E-state index is 8.78. The van der Waals surface area contributed by atoms with Gasteiger partial charge in [0.25, 0.3) is 0 Å². The Bertz CT molecular complexity index is 193. The van der Waals surface area contributed by atoms with Crippen LogP contribution in [-0.4, -0.2) is 24.4 Å². The summed E-state index contributed by atoms with van der Waals surface area (Å²) in [7, 11) is 0. The third kappa shape index (κ3) is 1.82. The van der Waals surface area contributed by atoms with Crippen LogP contribution in [0.15, 0.2) is 0 Å². The summed E-state index contributed by atoms with van der Waals surface area (Å²) in [5.74, 6) is 0.766.